The van der Waals surface area contributed by atoms with Crippen molar-refractivity contribution in [1.29, 1.82) is 0 Å². The summed E-state index contributed by atoms with van der Waals surface area (Å²) >= 11 is 1.33. The molecule has 3 aromatic carbocycles. The van der Waals surface area contributed by atoms with Crippen LogP contribution >= 0.6 is 11.3 Å². The first-order valence-corrected chi connectivity index (χ1v) is 12.8. The van der Waals surface area contributed by atoms with Gasteiger partial charge in [-0.3, -0.25) is 14.5 Å². The number of ketones is 1. The van der Waals surface area contributed by atoms with E-state index in [1.807, 2.05) is 18.2 Å². The highest BCUT2D eigenvalue weighted by molar-refractivity contribution is 7.22. The summed E-state index contributed by atoms with van der Waals surface area (Å²) in [5.41, 5.74) is 2.77. The first kappa shape index (κ1) is 25.3. The minimum Gasteiger partial charge on any atom is -0.507 e. The van der Waals surface area contributed by atoms with Crippen molar-refractivity contribution in [3.05, 3.63) is 82.9 Å². The summed E-state index contributed by atoms with van der Waals surface area (Å²) < 4.78 is 17.0. The summed E-state index contributed by atoms with van der Waals surface area (Å²) in [6.45, 7) is 2.07. The van der Waals surface area contributed by atoms with Gasteiger partial charge in [0.2, 0.25) is 0 Å². The molecule has 1 amide bonds. The number of benzene rings is 3. The van der Waals surface area contributed by atoms with Crippen LogP contribution in [-0.4, -0.2) is 43.1 Å². The third kappa shape index (κ3) is 4.24. The zero-order valence-corrected chi connectivity index (χ0v) is 22.2. The summed E-state index contributed by atoms with van der Waals surface area (Å²) in [5, 5.41) is 11.7. The maximum absolute atomic E-state index is 13.5. The normalized spacial score (nSPS) is 16.7. The fourth-order valence-electron chi connectivity index (χ4n) is 4.55. The lowest BCUT2D eigenvalue weighted by Crippen LogP contribution is -2.29. The second-order valence-corrected chi connectivity index (χ2v) is 9.67. The fraction of sp³-hybridized carbons (Fsp3) is 0.207. The molecule has 1 atom stereocenters. The van der Waals surface area contributed by atoms with Crippen molar-refractivity contribution in [2.45, 2.75) is 19.4 Å². The molecular formula is C29H26N2O6S. The SMILES string of the molecule is CCc1ccc2nc(N3C(=O)C(=O)C(=C(O)c4ccc(OC)cc4)[C@@H]3c3ccc(OC)c(OC)c3)sc2c1. The maximum atomic E-state index is 13.5. The molecule has 1 N–H and O–H groups in total. The number of carbonyl (C=O) groups is 2. The van der Waals surface area contributed by atoms with E-state index in [-0.39, 0.29) is 11.3 Å². The number of hydrogen-bond acceptors (Lipinski definition) is 8. The van der Waals surface area contributed by atoms with Crippen LogP contribution in [-0.2, 0) is 16.0 Å². The average molecular weight is 531 g/mol. The van der Waals surface area contributed by atoms with E-state index in [1.54, 1.807) is 49.6 Å². The summed E-state index contributed by atoms with van der Waals surface area (Å²) in [5.74, 6) is -0.337. The third-order valence-corrected chi connectivity index (χ3v) is 7.60. The van der Waals surface area contributed by atoms with Crippen molar-refractivity contribution in [3.63, 3.8) is 0 Å². The maximum Gasteiger partial charge on any atom is 0.301 e. The minimum atomic E-state index is -0.942. The van der Waals surface area contributed by atoms with Gasteiger partial charge in [0.05, 0.1) is 43.2 Å². The van der Waals surface area contributed by atoms with Crippen LogP contribution in [0, 0.1) is 0 Å². The smallest absolute Gasteiger partial charge is 0.301 e. The number of hydrogen-bond donors (Lipinski definition) is 1. The van der Waals surface area contributed by atoms with Crippen LogP contribution in [0.3, 0.4) is 0 Å². The molecule has 194 valence electrons. The van der Waals surface area contributed by atoms with Crippen LogP contribution in [0.25, 0.3) is 16.0 Å². The number of fused-ring (bicyclic) bond motifs is 1. The van der Waals surface area contributed by atoms with Crippen molar-refractivity contribution in [3.8, 4) is 17.2 Å². The van der Waals surface area contributed by atoms with Gasteiger partial charge in [0, 0.05) is 5.56 Å². The zero-order valence-electron chi connectivity index (χ0n) is 21.3. The highest BCUT2D eigenvalue weighted by atomic mass is 32.1. The second kappa shape index (κ2) is 10.2. The fourth-order valence-corrected chi connectivity index (χ4v) is 5.61. The zero-order chi connectivity index (χ0) is 27.0. The number of aliphatic hydroxyl groups excluding tert-OH is 1. The molecule has 1 fully saturated rings. The van der Waals surface area contributed by atoms with Crippen molar-refractivity contribution in [2.75, 3.05) is 26.2 Å². The summed E-state index contributed by atoms with van der Waals surface area (Å²) in [4.78, 5) is 33.1. The van der Waals surface area contributed by atoms with Crippen LogP contribution in [0.5, 0.6) is 17.2 Å². The molecule has 1 aliphatic rings. The number of rotatable bonds is 7. The van der Waals surface area contributed by atoms with Crippen LogP contribution in [0.2, 0.25) is 0 Å². The number of aryl methyl sites for hydroxylation is 1. The van der Waals surface area contributed by atoms with Gasteiger partial charge in [-0.25, -0.2) is 4.98 Å². The molecule has 0 saturated carbocycles. The standard InChI is InChI=1S/C29H26N2O6S/c1-5-16-6-12-20-23(14-16)38-29(30-20)31-25(18-9-13-21(36-3)22(15-18)37-4)24(27(33)28(31)34)26(32)17-7-10-19(35-2)11-8-17/h6-15,25,32H,5H2,1-4H3/t25-/m0/s1. The molecule has 1 aliphatic heterocycles. The topological polar surface area (TPSA) is 98.2 Å². The molecule has 2 heterocycles. The summed E-state index contributed by atoms with van der Waals surface area (Å²) in [6, 6.07) is 16.8. The van der Waals surface area contributed by atoms with Crippen LogP contribution in [0.4, 0.5) is 5.13 Å². The molecule has 0 radical (unpaired) electrons. The number of carbonyl (C=O) groups excluding carboxylic acids is 2. The van der Waals surface area contributed by atoms with Gasteiger partial charge >= 0.3 is 5.91 Å². The monoisotopic (exact) mass is 530 g/mol. The number of nitrogens with zero attached hydrogens (tertiary/aromatic N) is 2. The molecule has 5 rings (SSSR count). The number of ether oxygens (including phenoxy) is 3. The van der Waals surface area contributed by atoms with Gasteiger partial charge < -0.3 is 19.3 Å². The lowest BCUT2D eigenvalue weighted by molar-refractivity contribution is -0.132. The van der Waals surface area contributed by atoms with Gasteiger partial charge in [0.15, 0.2) is 16.6 Å². The summed E-state index contributed by atoms with van der Waals surface area (Å²) in [6.07, 6.45) is 0.862. The largest absolute Gasteiger partial charge is 0.507 e. The molecule has 9 heteroatoms. The van der Waals surface area contributed by atoms with E-state index in [9.17, 15) is 14.7 Å². The number of anilines is 1. The molecule has 0 bridgehead atoms. The molecule has 4 aromatic rings. The molecule has 38 heavy (non-hydrogen) atoms. The van der Waals surface area contributed by atoms with Crippen molar-refractivity contribution < 1.29 is 28.9 Å². The van der Waals surface area contributed by atoms with E-state index in [1.165, 1.54) is 30.5 Å². The number of aromatic nitrogens is 1. The van der Waals surface area contributed by atoms with E-state index in [2.05, 4.69) is 6.92 Å². The van der Waals surface area contributed by atoms with Crippen LogP contribution in [0.15, 0.2) is 66.2 Å². The first-order valence-electron chi connectivity index (χ1n) is 12.0. The quantitative estimate of drug-likeness (QED) is 0.191. The Bertz CT molecular complexity index is 1570. The Morgan fingerprint density at radius 3 is 2.34 bits per heavy atom. The van der Waals surface area contributed by atoms with E-state index >= 15 is 0 Å². The van der Waals surface area contributed by atoms with E-state index in [0.717, 1.165) is 22.2 Å². The van der Waals surface area contributed by atoms with E-state index in [4.69, 9.17) is 19.2 Å². The Labute approximate surface area is 223 Å². The van der Waals surface area contributed by atoms with Crippen molar-refractivity contribution in [2.24, 2.45) is 0 Å². The Balaban J connectivity index is 1.72. The predicted molar refractivity (Wildman–Crippen MR) is 146 cm³/mol. The van der Waals surface area contributed by atoms with Gasteiger partial charge in [-0.1, -0.05) is 30.4 Å². The molecule has 1 saturated heterocycles. The second-order valence-electron chi connectivity index (χ2n) is 8.66. The third-order valence-electron chi connectivity index (χ3n) is 6.59. The van der Waals surface area contributed by atoms with E-state index in [0.29, 0.717) is 33.5 Å². The van der Waals surface area contributed by atoms with Crippen molar-refractivity contribution in [1.82, 2.24) is 4.98 Å². The molecule has 1 aromatic heterocycles. The molecule has 8 nitrogen and oxygen atoms in total. The molecular weight excluding hydrogens is 504 g/mol. The highest BCUT2D eigenvalue weighted by Gasteiger charge is 2.48. The first-order chi connectivity index (χ1) is 18.4. The Morgan fingerprint density at radius 2 is 1.68 bits per heavy atom. The van der Waals surface area contributed by atoms with Crippen LogP contribution in [0.1, 0.15) is 29.7 Å². The number of amides is 1. The van der Waals surface area contributed by atoms with Gasteiger partial charge in [-0.15, -0.1) is 0 Å². The molecule has 0 aliphatic carbocycles. The predicted octanol–water partition coefficient (Wildman–Crippen LogP) is 5.51. The number of aliphatic hydroxyl groups is 1. The van der Waals surface area contributed by atoms with Gasteiger partial charge in [-0.2, -0.15) is 0 Å². The lowest BCUT2D eigenvalue weighted by Gasteiger charge is -2.23. The summed E-state index contributed by atoms with van der Waals surface area (Å²) in [7, 11) is 4.58. The Morgan fingerprint density at radius 1 is 0.947 bits per heavy atom. The lowest BCUT2D eigenvalue weighted by atomic mass is 9.95. The highest BCUT2D eigenvalue weighted by Crippen LogP contribution is 2.46. The Hall–Kier alpha value is -4.37. The van der Waals surface area contributed by atoms with Gasteiger partial charge in [0.1, 0.15) is 11.5 Å². The number of Topliss-reactive ketones (excluding diaryl/α,β-unsaturated/α-hetero) is 1. The minimum absolute atomic E-state index is 0.0408. The molecule has 0 unspecified atom stereocenters. The average Bonchev–Trinajstić information content (AvgIpc) is 3.49. The van der Waals surface area contributed by atoms with Crippen molar-refractivity contribution >= 4 is 44.1 Å². The Kier molecular flexibility index (Phi) is 6.77. The van der Waals surface area contributed by atoms with Gasteiger partial charge in [0.25, 0.3) is 5.78 Å². The number of methoxy groups -OCH3 is 3. The number of thiazole rings is 1. The van der Waals surface area contributed by atoms with Gasteiger partial charge in [-0.05, 0) is 66.1 Å². The molecule has 0 spiro atoms. The van der Waals surface area contributed by atoms with Crippen LogP contribution < -0.4 is 19.1 Å². The van der Waals surface area contributed by atoms with E-state index < -0.39 is 17.7 Å².